The second kappa shape index (κ2) is 2.90. The zero-order valence-electron chi connectivity index (χ0n) is 8.53. The second-order valence-electron chi connectivity index (χ2n) is 3.45. The molecule has 14 heavy (non-hydrogen) atoms. The van der Waals surface area contributed by atoms with Gasteiger partial charge in [-0.1, -0.05) is 5.16 Å². The predicted octanol–water partition coefficient (Wildman–Crippen LogP) is 1.88. The molecule has 2 N–H and O–H groups in total. The van der Waals surface area contributed by atoms with Crippen LogP contribution in [0.3, 0.4) is 0 Å². The van der Waals surface area contributed by atoms with Gasteiger partial charge in [-0.15, -0.1) is 0 Å². The molecule has 0 saturated heterocycles. The van der Waals surface area contributed by atoms with Gasteiger partial charge in [-0.3, -0.25) is 0 Å². The molecule has 0 bridgehead atoms. The molecular formula is C10H13N3O. The molecule has 0 amide bonds. The lowest BCUT2D eigenvalue weighted by Gasteiger charge is -2.00. The Hall–Kier alpha value is -1.71. The van der Waals surface area contributed by atoms with E-state index in [1.807, 2.05) is 7.05 Å². The van der Waals surface area contributed by atoms with Crippen molar-refractivity contribution in [3.63, 3.8) is 0 Å². The van der Waals surface area contributed by atoms with Gasteiger partial charge in [-0.25, -0.2) is 0 Å². The van der Waals surface area contributed by atoms with Gasteiger partial charge in [-0.2, -0.15) is 0 Å². The van der Waals surface area contributed by atoms with E-state index in [2.05, 4.69) is 29.6 Å². The summed E-state index contributed by atoms with van der Waals surface area (Å²) in [6.45, 7) is 4.11. The zero-order valence-corrected chi connectivity index (χ0v) is 8.53. The zero-order chi connectivity index (χ0) is 10.3. The molecule has 4 heteroatoms. The van der Waals surface area contributed by atoms with Gasteiger partial charge in [0.25, 0.3) is 0 Å². The van der Waals surface area contributed by atoms with E-state index >= 15 is 0 Å². The van der Waals surface area contributed by atoms with Crippen molar-refractivity contribution >= 4 is 5.88 Å². The topological polar surface area (TPSA) is 57.0 Å². The van der Waals surface area contributed by atoms with Crippen LogP contribution in [0.25, 0.3) is 11.1 Å². The van der Waals surface area contributed by atoms with Crippen LogP contribution in [-0.2, 0) is 7.05 Å². The monoisotopic (exact) mass is 191 g/mol. The third kappa shape index (κ3) is 1.11. The van der Waals surface area contributed by atoms with Crippen LogP contribution in [0.2, 0.25) is 0 Å². The molecule has 2 aromatic heterocycles. The van der Waals surface area contributed by atoms with Gasteiger partial charge in [0.15, 0.2) is 0 Å². The summed E-state index contributed by atoms with van der Waals surface area (Å²) in [7, 11) is 2.03. The van der Waals surface area contributed by atoms with Gasteiger partial charge in [-0.05, 0) is 19.9 Å². The molecule has 0 aliphatic rings. The van der Waals surface area contributed by atoms with E-state index in [0.717, 1.165) is 16.8 Å². The highest BCUT2D eigenvalue weighted by Gasteiger charge is 2.13. The molecule has 0 fully saturated rings. The van der Waals surface area contributed by atoms with Crippen LogP contribution in [0.4, 0.5) is 5.88 Å². The average Bonchev–Trinajstić information content (AvgIpc) is 2.66. The Balaban J connectivity index is 2.63. The van der Waals surface area contributed by atoms with Crippen molar-refractivity contribution in [2.75, 3.05) is 5.73 Å². The van der Waals surface area contributed by atoms with Crippen molar-refractivity contribution in [1.29, 1.82) is 0 Å². The van der Waals surface area contributed by atoms with Crippen LogP contribution in [0.15, 0.2) is 16.8 Å². The molecule has 0 aliphatic heterocycles. The van der Waals surface area contributed by atoms with Gasteiger partial charge >= 0.3 is 0 Å². The Labute approximate surface area is 82.3 Å². The quantitative estimate of drug-likeness (QED) is 0.748. The van der Waals surface area contributed by atoms with Gasteiger partial charge in [0.05, 0.1) is 11.8 Å². The number of anilines is 1. The maximum Gasteiger partial charge on any atom is 0.230 e. The molecular weight excluding hydrogens is 178 g/mol. The average molecular weight is 191 g/mol. The van der Waals surface area contributed by atoms with Crippen LogP contribution >= 0.6 is 0 Å². The largest absolute Gasteiger partial charge is 0.367 e. The van der Waals surface area contributed by atoms with Crippen molar-refractivity contribution < 1.29 is 4.52 Å². The molecule has 0 spiro atoms. The molecule has 0 atom stereocenters. The normalized spacial score (nSPS) is 10.8. The predicted molar refractivity (Wildman–Crippen MR) is 54.8 cm³/mol. The van der Waals surface area contributed by atoms with Gasteiger partial charge in [0.2, 0.25) is 5.88 Å². The lowest BCUT2D eigenvalue weighted by molar-refractivity contribution is 0.436. The fraction of sp³-hybridized carbons (Fsp3) is 0.300. The van der Waals surface area contributed by atoms with E-state index in [0.29, 0.717) is 5.88 Å². The van der Waals surface area contributed by atoms with E-state index in [1.54, 1.807) is 6.20 Å². The van der Waals surface area contributed by atoms with Gasteiger partial charge < -0.3 is 14.8 Å². The minimum absolute atomic E-state index is 0.374. The summed E-state index contributed by atoms with van der Waals surface area (Å²) in [5.74, 6) is 0.374. The molecule has 0 unspecified atom stereocenters. The minimum Gasteiger partial charge on any atom is -0.367 e. The fourth-order valence-electron chi connectivity index (χ4n) is 1.58. The van der Waals surface area contributed by atoms with Crippen LogP contribution in [0.1, 0.15) is 11.4 Å². The molecule has 0 saturated carbocycles. The lowest BCUT2D eigenvalue weighted by Crippen LogP contribution is -1.93. The maximum atomic E-state index is 5.66. The van der Waals surface area contributed by atoms with E-state index < -0.39 is 0 Å². The van der Waals surface area contributed by atoms with Crippen molar-refractivity contribution in [2.24, 2.45) is 7.05 Å². The van der Waals surface area contributed by atoms with Crippen LogP contribution < -0.4 is 5.73 Å². The summed E-state index contributed by atoms with van der Waals surface area (Å²) in [5, 5.41) is 3.67. The highest BCUT2D eigenvalue weighted by atomic mass is 16.5. The minimum atomic E-state index is 0.374. The highest BCUT2D eigenvalue weighted by molar-refractivity contribution is 5.74. The molecule has 2 aromatic rings. The third-order valence-electron chi connectivity index (χ3n) is 2.66. The Morgan fingerprint density at radius 2 is 2.07 bits per heavy atom. The van der Waals surface area contributed by atoms with Crippen LogP contribution in [0.5, 0.6) is 0 Å². The number of nitrogens with two attached hydrogens (primary N) is 1. The molecule has 0 aliphatic carbocycles. The number of aromatic nitrogens is 2. The van der Waals surface area contributed by atoms with E-state index in [-0.39, 0.29) is 0 Å². The van der Waals surface area contributed by atoms with E-state index in [4.69, 9.17) is 10.3 Å². The first kappa shape index (κ1) is 8.87. The first-order valence-corrected chi connectivity index (χ1v) is 4.44. The summed E-state index contributed by atoms with van der Waals surface area (Å²) in [6.07, 6.45) is 1.65. The highest BCUT2D eigenvalue weighted by Crippen LogP contribution is 2.30. The third-order valence-corrected chi connectivity index (χ3v) is 2.66. The van der Waals surface area contributed by atoms with Crippen LogP contribution in [-0.4, -0.2) is 9.72 Å². The molecule has 2 rings (SSSR count). The Bertz CT molecular complexity index is 468. The number of rotatable bonds is 1. The summed E-state index contributed by atoms with van der Waals surface area (Å²) < 4.78 is 6.95. The Kier molecular flexibility index (Phi) is 1.84. The van der Waals surface area contributed by atoms with E-state index in [9.17, 15) is 0 Å². The number of nitrogens with zero attached hydrogens (tertiary/aromatic N) is 2. The first-order chi connectivity index (χ1) is 6.61. The van der Waals surface area contributed by atoms with Gasteiger partial charge in [0, 0.05) is 24.0 Å². The molecule has 0 aromatic carbocycles. The maximum absolute atomic E-state index is 5.66. The standard InChI is InChI=1S/C10H13N3O/c1-6-4-8(7(2)13(6)3)9-5-12-14-10(9)11/h4-5H,11H2,1-3H3. The number of hydrogen-bond donors (Lipinski definition) is 1. The van der Waals surface area contributed by atoms with Crippen molar-refractivity contribution in [3.05, 3.63) is 23.7 Å². The molecule has 74 valence electrons. The molecule has 4 nitrogen and oxygen atoms in total. The Morgan fingerprint density at radius 3 is 2.50 bits per heavy atom. The number of hydrogen-bond acceptors (Lipinski definition) is 3. The summed E-state index contributed by atoms with van der Waals surface area (Å²) >= 11 is 0. The van der Waals surface area contributed by atoms with Crippen molar-refractivity contribution in [3.8, 4) is 11.1 Å². The first-order valence-electron chi connectivity index (χ1n) is 4.44. The van der Waals surface area contributed by atoms with Gasteiger partial charge in [0.1, 0.15) is 0 Å². The smallest absolute Gasteiger partial charge is 0.230 e. The van der Waals surface area contributed by atoms with Crippen molar-refractivity contribution in [2.45, 2.75) is 13.8 Å². The van der Waals surface area contributed by atoms with Crippen molar-refractivity contribution in [1.82, 2.24) is 9.72 Å². The fourth-order valence-corrected chi connectivity index (χ4v) is 1.58. The van der Waals surface area contributed by atoms with E-state index in [1.165, 1.54) is 5.69 Å². The summed E-state index contributed by atoms with van der Waals surface area (Å²) in [6, 6.07) is 2.08. The summed E-state index contributed by atoms with van der Waals surface area (Å²) in [5.41, 5.74) is 9.97. The summed E-state index contributed by atoms with van der Waals surface area (Å²) in [4.78, 5) is 0. The second-order valence-corrected chi connectivity index (χ2v) is 3.45. The SMILES string of the molecule is Cc1cc(-c2cnoc2N)c(C)n1C. The molecule has 0 radical (unpaired) electrons. The number of nitrogen functional groups attached to an aromatic ring is 1. The van der Waals surface area contributed by atoms with Crippen LogP contribution in [0, 0.1) is 13.8 Å². The number of aryl methyl sites for hydroxylation is 1. The Morgan fingerprint density at radius 1 is 1.36 bits per heavy atom. The molecule has 2 heterocycles. The lowest BCUT2D eigenvalue weighted by atomic mass is 10.1.